The van der Waals surface area contributed by atoms with E-state index in [9.17, 15) is 9.18 Å². The summed E-state index contributed by atoms with van der Waals surface area (Å²) in [7, 11) is 0. The summed E-state index contributed by atoms with van der Waals surface area (Å²) < 4.78 is 23.4. The normalized spacial score (nSPS) is 10.1. The zero-order valence-corrected chi connectivity index (χ0v) is 8.35. The van der Waals surface area contributed by atoms with Crippen molar-refractivity contribution in [3.63, 3.8) is 0 Å². The van der Waals surface area contributed by atoms with Crippen LogP contribution in [-0.2, 0) is 6.61 Å². The Morgan fingerprint density at radius 1 is 1.25 bits per heavy atom. The Balaban J connectivity index is 2.02. The first-order valence-corrected chi connectivity index (χ1v) is 4.71. The molecule has 16 heavy (non-hydrogen) atoms. The van der Waals surface area contributed by atoms with Gasteiger partial charge in [0.25, 0.3) is 0 Å². The minimum absolute atomic E-state index is 0.0920. The number of aldehydes is 1. The molecule has 0 atom stereocenters. The van der Waals surface area contributed by atoms with E-state index in [2.05, 4.69) is 0 Å². The maximum Gasteiger partial charge on any atom is 0.185 e. The minimum Gasteiger partial charge on any atom is -0.483 e. The van der Waals surface area contributed by atoms with Gasteiger partial charge >= 0.3 is 0 Å². The second kappa shape index (κ2) is 4.61. The quantitative estimate of drug-likeness (QED) is 0.744. The Labute approximate surface area is 91.5 Å². The SMILES string of the molecule is O=Cc1ccc(COc2ccccc2F)o1. The molecule has 0 fully saturated rings. The summed E-state index contributed by atoms with van der Waals surface area (Å²) in [5, 5.41) is 0. The summed E-state index contributed by atoms with van der Waals surface area (Å²) in [6.45, 7) is 0.0920. The molecule has 3 nitrogen and oxygen atoms in total. The number of benzene rings is 1. The predicted molar refractivity (Wildman–Crippen MR) is 54.8 cm³/mol. The second-order valence-electron chi connectivity index (χ2n) is 3.14. The van der Waals surface area contributed by atoms with Gasteiger partial charge in [-0.25, -0.2) is 4.39 Å². The lowest BCUT2D eigenvalue weighted by Gasteiger charge is -2.04. The Morgan fingerprint density at radius 3 is 2.75 bits per heavy atom. The number of furan rings is 1. The Morgan fingerprint density at radius 2 is 2.06 bits per heavy atom. The average molecular weight is 220 g/mol. The van der Waals surface area contributed by atoms with Gasteiger partial charge in [0.1, 0.15) is 12.4 Å². The first-order valence-electron chi connectivity index (χ1n) is 4.71. The molecule has 1 heterocycles. The number of carbonyl (C=O) groups is 1. The van der Waals surface area contributed by atoms with Gasteiger partial charge in [-0.15, -0.1) is 0 Å². The van der Waals surface area contributed by atoms with Gasteiger partial charge in [0.15, 0.2) is 23.6 Å². The highest BCUT2D eigenvalue weighted by Crippen LogP contribution is 2.17. The van der Waals surface area contributed by atoms with Gasteiger partial charge in [-0.1, -0.05) is 12.1 Å². The fraction of sp³-hybridized carbons (Fsp3) is 0.0833. The summed E-state index contributed by atoms with van der Waals surface area (Å²) in [6.07, 6.45) is 0.604. The molecule has 1 aromatic heterocycles. The summed E-state index contributed by atoms with van der Waals surface area (Å²) in [6, 6.07) is 9.25. The predicted octanol–water partition coefficient (Wildman–Crippen LogP) is 2.81. The van der Waals surface area contributed by atoms with E-state index in [1.54, 1.807) is 18.2 Å². The van der Waals surface area contributed by atoms with Crippen molar-refractivity contribution in [2.75, 3.05) is 0 Å². The molecule has 0 radical (unpaired) electrons. The third-order valence-corrected chi connectivity index (χ3v) is 2.01. The number of carbonyl (C=O) groups excluding carboxylic acids is 1. The van der Waals surface area contributed by atoms with Gasteiger partial charge in [0, 0.05) is 0 Å². The molecule has 2 aromatic rings. The molecule has 0 saturated heterocycles. The van der Waals surface area contributed by atoms with Crippen LogP contribution in [0.1, 0.15) is 16.3 Å². The van der Waals surface area contributed by atoms with Crippen LogP contribution in [0, 0.1) is 5.82 Å². The van der Waals surface area contributed by atoms with Gasteiger partial charge in [0.05, 0.1) is 0 Å². The molecule has 2 rings (SSSR count). The van der Waals surface area contributed by atoms with Crippen molar-refractivity contribution in [3.05, 3.63) is 53.7 Å². The third kappa shape index (κ3) is 2.28. The molecule has 0 bridgehead atoms. The first-order chi connectivity index (χ1) is 7.79. The van der Waals surface area contributed by atoms with Gasteiger partial charge in [-0.05, 0) is 24.3 Å². The molecule has 0 N–H and O–H groups in total. The van der Waals surface area contributed by atoms with Crippen molar-refractivity contribution in [3.8, 4) is 5.75 Å². The molecule has 0 aliphatic heterocycles. The zero-order valence-electron chi connectivity index (χ0n) is 8.35. The molecule has 4 heteroatoms. The lowest BCUT2D eigenvalue weighted by Crippen LogP contribution is -1.95. The molecule has 1 aromatic carbocycles. The third-order valence-electron chi connectivity index (χ3n) is 2.01. The zero-order chi connectivity index (χ0) is 11.4. The number of para-hydroxylation sites is 1. The molecule has 0 unspecified atom stereocenters. The van der Waals surface area contributed by atoms with E-state index >= 15 is 0 Å². The van der Waals surface area contributed by atoms with Crippen LogP contribution < -0.4 is 4.74 Å². The number of ether oxygens (including phenoxy) is 1. The van der Waals surface area contributed by atoms with E-state index in [1.165, 1.54) is 18.2 Å². The molecule has 0 amide bonds. The Kier molecular flexibility index (Phi) is 3.00. The van der Waals surface area contributed by atoms with Crippen LogP contribution in [0.5, 0.6) is 5.75 Å². The monoisotopic (exact) mass is 220 g/mol. The van der Waals surface area contributed by atoms with E-state index in [0.717, 1.165) is 0 Å². The average Bonchev–Trinajstić information content (AvgIpc) is 2.76. The number of hydrogen-bond acceptors (Lipinski definition) is 3. The topological polar surface area (TPSA) is 39.4 Å². The summed E-state index contributed by atoms with van der Waals surface area (Å²) in [5.74, 6) is 0.439. The molecule has 82 valence electrons. The highest BCUT2D eigenvalue weighted by Gasteiger charge is 2.04. The van der Waals surface area contributed by atoms with Gasteiger partial charge in [-0.3, -0.25) is 4.79 Å². The molecular weight excluding hydrogens is 211 g/mol. The number of halogens is 1. The molecule has 0 spiro atoms. The minimum atomic E-state index is -0.426. The van der Waals surface area contributed by atoms with E-state index in [0.29, 0.717) is 12.0 Å². The standard InChI is InChI=1S/C12H9FO3/c13-11-3-1-2-4-12(11)15-8-10-6-5-9(7-14)16-10/h1-7H,8H2. The summed E-state index contributed by atoms with van der Waals surface area (Å²) in [4.78, 5) is 10.4. The van der Waals surface area contributed by atoms with Crippen LogP contribution in [0.4, 0.5) is 4.39 Å². The lowest BCUT2D eigenvalue weighted by molar-refractivity contribution is 0.109. The molecule has 0 saturated carbocycles. The fourth-order valence-corrected chi connectivity index (χ4v) is 1.25. The van der Waals surface area contributed by atoms with E-state index in [1.807, 2.05) is 0 Å². The maximum atomic E-state index is 13.2. The smallest absolute Gasteiger partial charge is 0.185 e. The fourth-order valence-electron chi connectivity index (χ4n) is 1.25. The van der Waals surface area contributed by atoms with Crippen molar-refractivity contribution < 1.29 is 18.3 Å². The Bertz CT molecular complexity index is 491. The van der Waals surface area contributed by atoms with E-state index in [-0.39, 0.29) is 18.1 Å². The van der Waals surface area contributed by atoms with Crippen molar-refractivity contribution in [1.82, 2.24) is 0 Å². The van der Waals surface area contributed by atoms with Crippen molar-refractivity contribution in [1.29, 1.82) is 0 Å². The van der Waals surface area contributed by atoms with Crippen molar-refractivity contribution in [2.24, 2.45) is 0 Å². The van der Waals surface area contributed by atoms with E-state index < -0.39 is 5.82 Å². The largest absolute Gasteiger partial charge is 0.483 e. The van der Waals surface area contributed by atoms with Crippen molar-refractivity contribution >= 4 is 6.29 Å². The number of hydrogen-bond donors (Lipinski definition) is 0. The first kappa shape index (κ1) is 10.4. The summed E-state index contributed by atoms with van der Waals surface area (Å²) >= 11 is 0. The van der Waals surface area contributed by atoms with Crippen LogP contribution >= 0.6 is 0 Å². The molecule has 0 aliphatic rings. The molecule has 0 aliphatic carbocycles. The maximum absolute atomic E-state index is 13.2. The van der Waals surface area contributed by atoms with E-state index in [4.69, 9.17) is 9.15 Å². The van der Waals surface area contributed by atoms with Crippen LogP contribution in [0.25, 0.3) is 0 Å². The van der Waals surface area contributed by atoms with Crippen LogP contribution in [0.15, 0.2) is 40.8 Å². The van der Waals surface area contributed by atoms with Crippen LogP contribution in [0.2, 0.25) is 0 Å². The summed E-state index contributed by atoms with van der Waals surface area (Å²) in [5.41, 5.74) is 0. The highest BCUT2D eigenvalue weighted by atomic mass is 19.1. The molecular formula is C12H9FO3. The number of rotatable bonds is 4. The highest BCUT2D eigenvalue weighted by molar-refractivity contribution is 5.70. The van der Waals surface area contributed by atoms with Crippen LogP contribution in [-0.4, -0.2) is 6.29 Å². The van der Waals surface area contributed by atoms with Gasteiger partial charge < -0.3 is 9.15 Å². The van der Waals surface area contributed by atoms with Gasteiger partial charge in [-0.2, -0.15) is 0 Å². The van der Waals surface area contributed by atoms with Crippen molar-refractivity contribution in [2.45, 2.75) is 6.61 Å². The lowest BCUT2D eigenvalue weighted by atomic mass is 10.3. The van der Waals surface area contributed by atoms with Crippen LogP contribution in [0.3, 0.4) is 0 Å². The Hall–Kier alpha value is -2.10. The second-order valence-corrected chi connectivity index (χ2v) is 3.14. The van der Waals surface area contributed by atoms with Gasteiger partial charge in [0.2, 0.25) is 0 Å².